The van der Waals surface area contributed by atoms with Crippen LogP contribution in [0.1, 0.15) is 0 Å². The van der Waals surface area contributed by atoms with E-state index >= 15 is 0 Å². The Morgan fingerprint density at radius 3 is 2.33 bits per heavy atom. The molecule has 1 aromatic heterocycles. The summed E-state index contributed by atoms with van der Waals surface area (Å²) in [6.45, 7) is 0.578. The topological polar surface area (TPSA) is 121 Å². The standard InChI is InChI=1S/C9H15N5O4/c1-16-8-12-7(13-9(14-8)17-2)11-3-4-18-5-6(10)15/h3-5H2,1-2H3,(H2,10,15)(H,11,12,13,14). The highest BCUT2D eigenvalue weighted by molar-refractivity contribution is 5.74. The van der Waals surface area contributed by atoms with Gasteiger partial charge in [-0.1, -0.05) is 0 Å². The molecule has 0 aliphatic carbocycles. The van der Waals surface area contributed by atoms with E-state index in [1.54, 1.807) is 0 Å². The van der Waals surface area contributed by atoms with Crippen molar-refractivity contribution in [1.29, 1.82) is 0 Å². The molecule has 100 valence electrons. The van der Waals surface area contributed by atoms with E-state index in [1.807, 2.05) is 0 Å². The van der Waals surface area contributed by atoms with Crippen LogP contribution in [0.4, 0.5) is 5.95 Å². The fourth-order valence-corrected chi connectivity index (χ4v) is 1.01. The summed E-state index contributed by atoms with van der Waals surface area (Å²) in [5.41, 5.74) is 4.91. The van der Waals surface area contributed by atoms with Crippen molar-refractivity contribution in [2.75, 3.05) is 39.3 Å². The van der Waals surface area contributed by atoms with Crippen LogP contribution in [-0.4, -0.2) is 54.8 Å². The summed E-state index contributed by atoms with van der Waals surface area (Å²) < 4.78 is 14.7. The summed E-state index contributed by atoms with van der Waals surface area (Å²) in [4.78, 5) is 22.1. The van der Waals surface area contributed by atoms with Gasteiger partial charge in [-0.2, -0.15) is 9.97 Å². The fraction of sp³-hybridized carbons (Fsp3) is 0.556. The number of nitrogens with zero attached hydrogens (tertiary/aromatic N) is 3. The van der Waals surface area contributed by atoms with Gasteiger partial charge in [0.05, 0.1) is 20.8 Å². The lowest BCUT2D eigenvalue weighted by atomic mass is 10.6. The zero-order chi connectivity index (χ0) is 13.4. The number of rotatable bonds is 8. The van der Waals surface area contributed by atoms with E-state index in [2.05, 4.69) is 20.3 Å². The number of amides is 1. The Bertz CT molecular complexity index is 378. The summed E-state index contributed by atoms with van der Waals surface area (Å²) in [5, 5.41) is 2.87. The SMILES string of the molecule is COc1nc(NCCOCC(N)=O)nc(OC)n1. The van der Waals surface area contributed by atoms with E-state index in [4.69, 9.17) is 19.9 Å². The highest BCUT2D eigenvalue weighted by Gasteiger charge is 2.06. The van der Waals surface area contributed by atoms with Crippen LogP contribution in [0.25, 0.3) is 0 Å². The van der Waals surface area contributed by atoms with Crippen LogP contribution in [0.5, 0.6) is 12.0 Å². The van der Waals surface area contributed by atoms with Crippen molar-refractivity contribution in [2.24, 2.45) is 5.73 Å². The van der Waals surface area contributed by atoms with Crippen LogP contribution in [0.15, 0.2) is 0 Å². The molecular formula is C9H15N5O4. The number of primary amides is 1. The number of carbonyl (C=O) groups is 1. The number of hydrogen-bond acceptors (Lipinski definition) is 8. The van der Waals surface area contributed by atoms with E-state index in [9.17, 15) is 4.79 Å². The summed E-state index contributed by atoms with van der Waals surface area (Å²) >= 11 is 0. The Balaban J connectivity index is 2.43. The van der Waals surface area contributed by atoms with E-state index < -0.39 is 5.91 Å². The van der Waals surface area contributed by atoms with Crippen molar-refractivity contribution in [1.82, 2.24) is 15.0 Å². The van der Waals surface area contributed by atoms with E-state index in [1.165, 1.54) is 14.2 Å². The molecule has 0 unspecified atom stereocenters. The van der Waals surface area contributed by atoms with Crippen molar-refractivity contribution in [3.63, 3.8) is 0 Å². The Labute approximate surface area is 104 Å². The predicted octanol–water partition coefficient (Wildman–Crippen LogP) is -1.20. The first kappa shape index (κ1) is 13.9. The molecule has 0 aliphatic rings. The predicted molar refractivity (Wildman–Crippen MR) is 61.4 cm³/mol. The monoisotopic (exact) mass is 257 g/mol. The molecule has 0 aromatic carbocycles. The van der Waals surface area contributed by atoms with Gasteiger partial charge < -0.3 is 25.3 Å². The molecule has 1 amide bonds. The number of methoxy groups -OCH3 is 2. The van der Waals surface area contributed by atoms with Crippen LogP contribution in [0.2, 0.25) is 0 Å². The maximum atomic E-state index is 10.4. The molecule has 0 saturated heterocycles. The largest absolute Gasteiger partial charge is 0.467 e. The normalized spacial score (nSPS) is 9.89. The highest BCUT2D eigenvalue weighted by Crippen LogP contribution is 2.11. The van der Waals surface area contributed by atoms with Gasteiger partial charge in [0.1, 0.15) is 6.61 Å². The maximum absolute atomic E-state index is 10.4. The lowest BCUT2D eigenvalue weighted by molar-refractivity contribution is -0.122. The number of ether oxygens (including phenoxy) is 3. The van der Waals surface area contributed by atoms with Crippen molar-refractivity contribution in [2.45, 2.75) is 0 Å². The number of aromatic nitrogens is 3. The quantitative estimate of drug-likeness (QED) is 0.557. The summed E-state index contributed by atoms with van der Waals surface area (Å²) in [7, 11) is 2.88. The Kier molecular flexibility index (Phi) is 5.58. The minimum absolute atomic E-state index is 0.120. The molecule has 18 heavy (non-hydrogen) atoms. The molecule has 9 heteroatoms. The van der Waals surface area contributed by atoms with Gasteiger partial charge in [-0.15, -0.1) is 4.98 Å². The number of nitrogens with one attached hydrogen (secondary N) is 1. The summed E-state index contributed by atoms with van der Waals surface area (Å²) in [5.74, 6) is -0.222. The number of carbonyl (C=O) groups excluding carboxylic acids is 1. The molecule has 1 heterocycles. The van der Waals surface area contributed by atoms with Gasteiger partial charge in [0.15, 0.2) is 0 Å². The summed E-state index contributed by atoms with van der Waals surface area (Å²) in [6, 6.07) is 0.282. The van der Waals surface area contributed by atoms with Crippen LogP contribution in [0, 0.1) is 0 Å². The molecule has 0 aliphatic heterocycles. The third-order valence-corrected chi connectivity index (χ3v) is 1.73. The third kappa shape index (κ3) is 4.78. The molecule has 0 saturated carbocycles. The van der Waals surface area contributed by atoms with Gasteiger partial charge in [-0.25, -0.2) is 0 Å². The lowest BCUT2D eigenvalue weighted by Crippen LogP contribution is -2.21. The zero-order valence-electron chi connectivity index (χ0n) is 10.2. The van der Waals surface area contributed by atoms with Gasteiger partial charge in [0.2, 0.25) is 11.9 Å². The van der Waals surface area contributed by atoms with Gasteiger partial charge in [-0.3, -0.25) is 4.79 Å². The second-order valence-corrected chi connectivity index (χ2v) is 3.08. The van der Waals surface area contributed by atoms with E-state index in [-0.39, 0.29) is 18.6 Å². The Morgan fingerprint density at radius 1 is 1.22 bits per heavy atom. The molecule has 3 N–H and O–H groups in total. The number of nitrogens with two attached hydrogens (primary N) is 1. The second-order valence-electron chi connectivity index (χ2n) is 3.08. The van der Waals surface area contributed by atoms with Crippen LogP contribution >= 0.6 is 0 Å². The minimum atomic E-state index is -0.515. The zero-order valence-corrected chi connectivity index (χ0v) is 10.2. The molecular weight excluding hydrogens is 242 g/mol. The first-order valence-electron chi connectivity index (χ1n) is 5.09. The van der Waals surface area contributed by atoms with Crippen LogP contribution in [-0.2, 0) is 9.53 Å². The third-order valence-electron chi connectivity index (χ3n) is 1.73. The van der Waals surface area contributed by atoms with Crippen molar-refractivity contribution in [3.05, 3.63) is 0 Å². The molecule has 0 radical (unpaired) electrons. The first-order chi connectivity index (χ1) is 8.65. The first-order valence-corrected chi connectivity index (χ1v) is 5.09. The number of hydrogen-bond donors (Lipinski definition) is 2. The molecule has 1 rings (SSSR count). The Morgan fingerprint density at radius 2 is 1.83 bits per heavy atom. The molecule has 9 nitrogen and oxygen atoms in total. The van der Waals surface area contributed by atoms with Crippen molar-refractivity contribution < 1.29 is 19.0 Å². The van der Waals surface area contributed by atoms with Crippen LogP contribution < -0.4 is 20.5 Å². The molecule has 0 bridgehead atoms. The van der Waals surface area contributed by atoms with Gasteiger partial charge in [-0.05, 0) is 0 Å². The maximum Gasteiger partial charge on any atom is 0.324 e. The minimum Gasteiger partial charge on any atom is -0.467 e. The molecule has 0 fully saturated rings. The van der Waals surface area contributed by atoms with Gasteiger partial charge in [0.25, 0.3) is 0 Å². The highest BCUT2D eigenvalue weighted by atomic mass is 16.5. The van der Waals surface area contributed by atoms with E-state index in [0.717, 1.165) is 0 Å². The second kappa shape index (κ2) is 7.22. The number of anilines is 1. The van der Waals surface area contributed by atoms with Gasteiger partial charge >= 0.3 is 12.0 Å². The fourth-order valence-electron chi connectivity index (χ4n) is 1.01. The van der Waals surface area contributed by atoms with Crippen LogP contribution in [0.3, 0.4) is 0 Å². The average Bonchev–Trinajstić information content (AvgIpc) is 2.37. The Hall–Kier alpha value is -2.16. The smallest absolute Gasteiger partial charge is 0.324 e. The molecule has 0 spiro atoms. The average molecular weight is 257 g/mol. The van der Waals surface area contributed by atoms with E-state index in [0.29, 0.717) is 19.1 Å². The van der Waals surface area contributed by atoms with Crippen molar-refractivity contribution in [3.8, 4) is 12.0 Å². The van der Waals surface area contributed by atoms with Gasteiger partial charge in [0, 0.05) is 6.54 Å². The lowest BCUT2D eigenvalue weighted by Gasteiger charge is -2.07. The molecule has 1 aromatic rings. The summed E-state index contributed by atoms with van der Waals surface area (Å²) in [6.07, 6.45) is 0. The van der Waals surface area contributed by atoms with Crippen molar-refractivity contribution >= 4 is 11.9 Å². The molecule has 0 atom stereocenters.